The van der Waals surface area contributed by atoms with E-state index < -0.39 is 40.4 Å². The molecule has 1 N–H and O–H groups in total. The summed E-state index contributed by atoms with van der Waals surface area (Å²) >= 11 is 3.62. The van der Waals surface area contributed by atoms with Crippen LogP contribution in [0.1, 0.15) is 30.5 Å². The zero-order valence-electron chi connectivity index (χ0n) is 23.1. The smallest absolute Gasteiger partial charge is 0.243 e. The number of nitrogens with one attached hydrogen (secondary N) is 1. The van der Waals surface area contributed by atoms with E-state index in [-0.39, 0.29) is 18.2 Å². The molecule has 0 amide bonds. The van der Waals surface area contributed by atoms with E-state index in [9.17, 15) is 8.42 Å². The molecule has 0 unspecified atom stereocenters. The highest BCUT2D eigenvalue weighted by Crippen LogP contribution is 2.43. The maximum Gasteiger partial charge on any atom is 0.243 e. The van der Waals surface area contributed by atoms with E-state index in [1.807, 2.05) is 57.2 Å². The maximum absolute atomic E-state index is 14.5. The summed E-state index contributed by atoms with van der Waals surface area (Å²) in [7, 11) is -4.02. The molecule has 218 valence electrons. The van der Waals surface area contributed by atoms with Crippen LogP contribution in [0, 0.1) is 6.92 Å². The third-order valence-corrected chi connectivity index (χ3v) is 10.1. The molecule has 3 aromatic carbocycles. The second-order valence-corrected chi connectivity index (χ2v) is 13.7. The molecule has 0 bridgehead atoms. The van der Waals surface area contributed by atoms with E-state index in [4.69, 9.17) is 23.7 Å². The number of halogens is 1. The average Bonchev–Trinajstić information content (AvgIpc) is 3.59. The van der Waals surface area contributed by atoms with Crippen LogP contribution in [0.5, 0.6) is 11.5 Å². The van der Waals surface area contributed by atoms with Gasteiger partial charge in [0.25, 0.3) is 0 Å². The number of rotatable bonds is 9. The lowest BCUT2D eigenvalue weighted by Crippen LogP contribution is -2.53. The third-order valence-electron chi connectivity index (χ3n) is 7.46. The van der Waals surface area contributed by atoms with Gasteiger partial charge in [0.15, 0.2) is 23.6 Å². The van der Waals surface area contributed by atoms with Gasteiger partial charge in [-0.3, -0.25) is 0 Å². The van der Waals surface area contributed by atoms with Crippen molar-refractivity contribution in [2.45, 2.75) is 69.1 Å². The summed E-state index contributed by atoms with van der Waals surface area (Å²) in [6.07, 6.45) is -1.89. The van der Waals surface area contributed by atoms with Crippen LogP contribution in [0.15, 0.2) is 76.1 Å². The lowest BCUT2D eigenvalue weighted by Gasteiger charge is -2.35. The highest BCUT2D eigenvalue weighted by molar-refractivity contribution is 9.10. The molecular formula is C30H33BrN2O7S. The Balaban J connectivity index is 1.38. The van der Waals surface area contributed by atoms with Crippen molar-refractivity contribution in [3.05, 3.63) is 87.9 Å². The Morgan fingerprint density at radius 1 is 1.00 bits per heavy atom. The third kappa shape index (κ3) is 5.90. The molecule has 9 nitrogen and oxygen atoms in total. The molecule has 2 saturated heterocycles. The quantitative estimate of drug-likeness (QED) is 0.358. The number of fused-ring (bicyclic) bond motifs is 2. The van der Waals surface area contributed by atoms with Crippen LogP contribution in [0.3, 0.4) is 0 Å². The first-order valence-electron chi connectivity index (χ1n) is 13.5. The van der Waals surface area contributed by atoms with Crippen LogP contribution in [-0.2, 0) is 37.3 Å². The molecule has 3 aliphatic heterocycles. The van der Waals surface area contributed by atoms with Crippen LogP contribution < -0.4 is 14.8 Å². The van der Waals surface area contributed by atoms with E-state index in [1.165, 1.54) is 4.31 Å². The van der Waals surface area contributed by atoms with E-state index in [1.54, 1.807) is 30.3 Å². The fourth-order valence-electron chi connectivity index (χ4n) is 5.48. The predicted molar refractivity (Wildman–Crippen MR) is 155 cm³/mol. The molecule has 3 aromatic rings. The number of nitrogens with zero attached hydrogens (tertiary/aromatic N) is 1. The summed E-state index contributed by atoms with van der Waals surface area (Å²) in [5.41, 5.74) is 2.81. The zero-order valence-corrected chi connectivity index (χ0v) is 25.5. The van der Waals surface area contributed by atoms with Gasteiger partial charge in [-0.1, -0.05) is 64.0 Å². The van der Waals surface area contributed by atoms with Crippen molar-refractivity contribution >= 4 is 26.0 Å². The second kappa shape index (κ2) is 11.3. The molecule has 0 saturated carbocycles. The van der Waals surface area contributed by atoms with Crippen molar-refractivity contribution < 1.29 is 32.1 Å². The molecule has 0 aromatic heterocycles. The summed E-state index contributed by atoms with van der Waals surface area (Å²) in [6, 6.07) is 19.8. The van der Waals surface area contributed by atoms with Gasteiger partial charge in [-0.15, -0.1) is 0 Å². The maximum atomic E-state index is 14.5. The van der Waals surface area contributed by atoms with E-state index in [0.29, 0.717) is 29.1 Å². The van der Waals surface area contributed by atoms with Crippen molar-refractivity contribution in [3.63, 3.8) is 0 Å². The highest BCUT2D eigenvalue weighted by atomic mass is 79.9. The lowest BCUT2D eigenvalue weighted by molar-refractivity contribution is -0.208. The van der Waals surface area contributed by atoms with Gasteiger partial charge < -0.3 is 29.0 Å². The monoisotopic (exact) mass is 644 g/mol. The second-order valence-electron chi connectivity index (χ2n) is 10.9. The molecule has 2 fully saturated rings. The van der Waals surface area contributed by atoms with Gasteiger partial charge in [0, 0.05) is 24.1 Å². The average molecular weight is 646 g/mol. The SMILES string of the molecule is Cc1ccc(S(=O)(=O)N(Cc2cc3c(cc2Br)OCO3)[C@@H]2[C@H]3OC(C)(C)O[C@H]3O[C@@H]2CNCc2ccccc2)cc1. The topological polar surface area (TPSA) is 95.6 Å². The molecule has 11 heteroatoms. The Bertz CT molecular complexity index is 1500. The van der Waals surface area contributed by atoms with Crippen molar-refractivity contribution in [1.82, 2.24) is 9.62 Å². The van der Waals surface area contributed by atoms with Crippen LogP contribution in [0.4, 0.5) is 0 Å². The summed E-state index contributed by atoms with van der Waals surface area (Å²) in [4.78, 5) is 0.192. The fourth-order valence-corrected chi connectivity index (χ4v) is 7.56. The predicted octanol–water partition coefficient (Wildman–Crippen LogP) is 4.71. The first-order chi connectivity index (χ1) is 19.6. The zero-order chi connectivity index (χ0) is 28.8. The molecule has 3 heterocycles. The first-order valence-corrected chi connectivity index (χ1v) is 15.8. The summed E-state index contributed by atoms with van der Waals surface area (Å²) in [6.45, 7) is 6.70. The van der Waals surface area contributed by atoms with E-state index in [2.05, 4.69) is 21.2 Å². The first kappa shape index (κ1) is 28.6. The van der Waals surface area contributed by atoms with Crippen molar-refractivity contribution in [3.8, 4) is 11.5 Å². The van der Waals surface area contributed by atoms with Crippen molar-refractivity contribution in [2.24, 2.45) is 0 Å². The highest BCUT2D eigenvalue weighted by Gasteiger charge is 2.58. The summed E-state index contributed by atoms with van der Waals surface area (Å²) in [5.74, 6) is 0.253. The van der Waals surface area contributed by atoms with Crippen molar-refractivity contribution in [1.29, 1.82) is 0 Å². The largest absolute Gasteiger partial charge is 0.454 e. The van der Waals surface area contributed by atoms with Gasteiger partial charge in [-0.2, -0.15) is 4.31 Å². The van der Waals surface area contributed by atoms with Gasteiger partial charge in [0.05, 0.1) is 17.0 Å². The molecular weight excluding hydrogens is 612 g/mol. The van der Waals surface area contributed by atoms with Gasteiger partial charge in [-0.25, -0.2) is 8.42 Å². The van der Waals surface area contributed by atoms with E-state index >= 15 is 0 Å². The molecule has 6 rings (SSSR count). The fraction of sp³-hybridized carbons (Fsp3) is 0.400. The molecule has 4 atom stereocenters. The molecule has 0 spiro atoms. The Morgan fingerprint density at radius 3 is 2.44 bits per heavy atom. The van der Waals surface area contributed by atoms with Crippen LogP contribution >= 0.6 is 15.9 Å². The summed E-state index contributed by atoms with van der Waals surface area (Å²) in [5, 5.41) is 3.44. The normalized spacial score (nSPS) is 24.6. The lowest BCUT2D eigenvalue weighted by atomic mass is 10.1. The standard InChI is InChI=1S/C30H33BrN2O7S/c1-19-9-11-22(12-10-19)41(34,35)33(17-21-13-24-25(14-23(21)31)37-18-36-24)27-26(16-32-15-20-7-5-4-6-8-20)38-29-28(27)39-30(2,3)40-29/h4-14,26-29,32H,15-18H2,1-3H3/t26-,27+,28-,29-/m1/s1. The van der Waals surface area contributed by atoms with Crippen LogP contribution in [0.25, 0.3) is 0 Å². The Kier molecular flexibility index (Phi) is 7.88. The minimum atomic E-state index is -4.02. The van der Waals surface area contributed by atoms with Gasteiger partial charge >= 0.3 is 0 Å². The minimum Gasteiger partial charge on any atom is -0.454 e. The molecule has 0 aliphatic carbocycles. The number of sulfonamides is 1. The van der Waals surface area contributed by atoms with Gasteiger partial charge in [0.2, 0.25) is 16.8 Å². The molecule has 3 aliphatic rings. The summed E-state index contributed by atoms with van der Waals surface area (Å²) < 4.78 is 61.0. The van der Waals surface area contributed by atoms with Crippen LogP contribution in [-0.4, -0.2) is 56.4 Å². The minimum absolute atomic E-state index is 0.0453. The van der Waals surface area contributed by atoms with Gasteiger partial charge in [0.1, 0.15) is 6.10 Å². The van der Waals surface area contributed by atoms with Crippen LogP contribution in [0.2, 0.25) is 0 Å². The van der Waals surface area contributed by atoms with Crippen molar-refractivity contribution in [2.75, 3.05) is 13.3 Å². The Labute approximate surface area is 248 Å². The van der Waals surface area contributed by atoms with E-state index in [0.717, 1.165) is 16.7 Å². The number of ether oxygens (including phenoxy) is 5. The number of hydrogen-bond donors (Lipinski definition) is 1. The number of benzene rings is 3. The Hall–Kier alpha value is -2.51. The Morgan fingerprint density at radius 2 is 1.71 bits per heavy atom. The molecule has 41 heavy (non-hydrogen) atoms. The molecule has 0 radical (unpaired) electrons. The van der Waals surface area contributed by atoms with Gasteiger partial charge in [-0.05, 0) is 56.2 Å². The number of aryl methyl sites for hydroxylation is 1. The number of hydrogen-bond acceptors (Lipinski definition) is 8.